The van der Waals surface area contributed by atoms with Crippen LogP contribution in [0.2, 0.25) is 0 Å². The van der Waals surface area contributed by atoms with E-state index >= 15 is 0 Å². The van der Waals surface area contributed by atoms with E-state index in [1.54, 1.807) is 24.3 Å². The van der Waals surface area contributed by atoms with E-state index in [0.29, 0.717) is 11.1 Å². The molecule has 1 heterocycles. The molecule has 0 radical (unpaired) electrons. The first-order chi connectivity index (χ1) is 12.8. The van der Waals surface area contributed by atoms with E-state index in [2.05, 4.69) is 15.5 Å². The van der Waals surface area contributed by atoms with Crippen molar-refractivity contribution >= 4 is 23.7 Å². The monoisotopic (exact) mass is 390 g/mol. The maximum atomic E-state index is 12.3. The van der Waals surface area contributed by atoms with Crippen LogP contribution in [0.4, 0.5) is 19.2 Å². The minimum atomic E-state index is -4.40. The van der Waals surface area contributed by atoms with Crippen LogP contribution in [0.3, 0.4) is 0 Å². The first-order valence-electron chi connectivity index (χ1n) is 7.35. The minimum absolute atomic E-state index is 0.0310. The van der Waals surface area contributed by atoms with Gasteiger partial charge in [0.1, 0.15) is 0 Å². The highest BCUT2D eigenvalue weighted by Gasteiger charge is 2.29. The molecule has 6 nitrogen and oxygen atoms in total. The van der Waals surface area contributed by atoms with Crippen LogP contribution < -0.4 is 5.32 Å². The van der Waals surface area contributed by atoms with Gasteiger partial charge in [0.25, 0.3) is 5.91 Å². The normalized spacial score (nSPS) is 11.0. The third-order valence-electron chi connectivity index (χ3n) is 3.23. The second-order valence-corrected chi connectivity index (χ2v) is 6.27. The zero-order chi connectivity index (χ0) is 19.4. The molecule has 1 amide bonds. The van der Waals surface area contributed by atoms with Gasteiger partial charge in [-0.3, -0.25) is 10.1 Å². The Hall–Kier alpha value is -3.32. The molecular formula is C17H9F3N4O2S. The summed E-state index contributed by atoms with van der Waals surface area (Å²) in [6, 6.07) is 13.2. The molecule has 3 rings (SSSR count). The van der Waals surface area contributed by atoms with Gasteiger partial charge in [-0.1, -0.05) is 11.2 Å². The van der Waals surface area contributed by atoms with Crippen molar-refractivity contribution in [3.8, 4) is 17.5 Å². The van der Waals surface area contributed by atoms with Crippen LogP contribution >= 0.6 is 11.8 Å². The summed E-state index contributed by atoms with van der Waals surface area (Å²) >= 11 is -0.266. The Morgan fingerprint density at radius 1 is 1.15 bits per heavy atom. The molecule has 0 aliphatic carbocycles. The number of nitriles is 1. The number of anilines is 1. The molecule has 0 aliphatic heterocycles. The van der Waals surface area contributed by atoms with Gasteiger partial charge in [-0.2, -0.15) is 18.4 Å². The molecular weight excluding hydrogens is 381 g/mol. The zero-order valence-corrected chi connectivity index (χ0v) is 14.1. The van der Waals surface area contributed by atoms with E-state index < -0.39 is 11.4 Å². The van der Waals surface area contributed by atoms with E-state index in [9.17, 15) is 18.0 Å². The second-order valence-electron chi connectivity index (χ2n) is 5.13. The van der Waals surface area contributed by atoms with Crippen molar-refractivity contribution in [2.45, 2.75) is 10.4 Å². The van der Waals surface area contributed by atoms with Crippen LogP contribution in [-0.4, -0.2) is 21.6 Å². The predicted octanol–water partition coefficient (Wildman–Crippen LogP) is 4.47. The van der Waals surface area contributed by atoms with E-state index in [1.807, 2.05) is 6.07 Å². The average molecular weight is 390 g/mol. The van der Waals surface area contributed by atoms with Gasteiger partial charge in [0.2, 0.25) is 5.89 Å². The third-order valence-corrected chi connectivity index (χ3v) is 3.97. The summed E-state index contributed by atoms with van der Waals surface area (Å²) in [4.78, 5) is 12.1. The predicted molar refractivity (Wildman–Crippen MR) is 90.8 cm³/mol. The number of halogens is 3. The molecule has 0 fully saturated rings. The lowest BCUT2D eigenvalue weighted by atomic mass is 10.1. The highest BCUT2D eigenvalue weighted by atomic mass is 32.2. The largest absolute Gasteiger partial charge is 0.446 e. The van der Waals surface area contributed by atoms with Gasteiger partial charge in [0, 0.05) is 16.0 Å². The maximum Gasteiger partial charge on any atom is 0.446 e. The van der Waals surface area contributed by atoms with Gasteiger partial charge in [-0.05, 0) is 54.2 Å². The molecule has 2 aromatic carbocycles. The van der Waals surface area contributed by atoms with Crippen LogP contribution in [0.5, 0.6) is 0 Å². The van der Waals surface area contributed by atoms with Gasteiger partial charge >= 0.3 is 11.5 Å². The molecule has 0 saturated heterocycles. The summed E-state index contributed by atoms with van der Waals surface area (Å²) in [6.45, 7) is 0. The van der Waals surface area contributed by atoms with Gasteiger partial charge in [0.05, 0.1) is 11.6 Å². The Morgan fingerprint density at radius 3 is 2.56 bits per heavy atom. The summed E-state index contributed by atoms with van der Waals surface area (Å²) < 4.78 is 42.3. The summed E-state index contributed by atoms with van der Waals surface area (Å²) in [5, 5.41) is 18.8. The lowest BCUT2D eigenvalue weighted by Gasteiger charge is -2.06. The number of rotatable bonds is 4. The van der Waals surface area contributed by atoms with Crippen LogP contribution in [0, 0.1) is 11.3 Å². The molecule has 27 heavy (non-hydrogen) atoms. The standard InChI is InChI=1S/C17H9F3N4O2S/c18-17(19,20)27-13-6-4-11(5-7-13)14(25)22-16-24-23-15(26-16)12-3-1-2-10(8-12)9-21/h1-8H,(H,22,24,25). The fourth-order valence-corrected chi connectivity index (χ4v) is 2.63. The number of thioether (sulfide) groups is 1. The molecule has 1 N–H and O–H groups in total. The minimum Gasteiger partial charge on any atom is -0.403 e. The molecule has 1 aromatic heterocycles. The maximum absolute atomic E-state index is 12.3. The molecule has 0 bridgehead atoms. The smallest absolute Gasteiger partial charge is 0.403 e. The number of hydrogen-bond donors (Lipinski definition) is 1. The van der Waals surface area contributed by atoms with Crippen molar-refractivity contribution in [1.29, 1.82) is 5.26 Å². The topological polar surface area (TPSA) is 91.8 Å². The summed E-state index contributed by atoms with van der Waals surface area (Å²) in [5.41, 5.74) is -3.34. The Morgan fingerprint density at radius 2 is 1.89 bits per heavy atom. The van der Waals surface area contributed by atoms with Crippen LogP contribution in [0.25, 0.3) is 11.5 Å². The van der Waals surface area contributed by atoms with E-state index in [4.69, 9.17) is 9.68 Å². The van der Waals surface area contributed by atoms with Crippen LogP contribution in [0.15, 0.2) is 57.8 Å². The molecule has 0 atom stereocenters. The number of carbonyl (C=O) groups is 1. The highest BCUT2D eigenvalue weighted by Crippen LogP contribution is 2.36. The number of carbonyl (C=O) groups excluding carboxylic acids is 1. The first kappa shape index (κ1) is 18.5. The van der Waals surface area contributed by atoms with E-state index in [0.717, 1.165) is 0 Å². The molecule has 0 aliphatic rings. The van der Waals surface area contributed by atoms with Gasteiger partial charge < -0.3 is 4.42 Å². The summed E-state index contributed by atoms with van der Waals surface area (Å²) in [5.74, 6) is -0.501. The first-order valence-corrected chi connectivity index (χ1v) is 8.17. The Labute approximate surface area is 155 Å². The number of alkyl halides is 3. The molecule has 0 saturated carbocycles. The second kappa shape index (κ2) is 7.51. The lowest BCUT2D eigenvalue weighted by molar-refractivity contribution is -0.0328. The van der Waals surface area contributed by atoms with Crippen molar-refractivity contribution in [2.75, 3.05) is 5.32 Å². The molecule has 0 unspecified atom stereocenters. The third kappa shape index (κ3) is 4.86. The lowest BCUT2D eigenvalue weighted by Crippen LogP contribution is -2.12. The average Bonchev–Trinajstić information content (AvgIpc) is 3.09. The SMILES string of the molecule is N#Cc1cccc(-c2nnc(NC(=O)c3ccc(SC(F)(F)F)cc3)o2)c1. The van der Waals surface area contributed by atoms with Gasteiger partial charge in [-0.25, -0.2) is 0 Å². The quantitative estimate of drug-likeness (QED) is 0.661. The van der Waals surface area contributed by atoms with Crippen molar-refractivity contribution in [3.05, 3.63) is 59.7 Å². The van der Waals surface area contributed by atoms with Crippen molar-refractivity contribution in [3.63, 3.8) is 0 Å². The van der Waals surface area contributed by atoms with E-state index in [1.165, 1.54) is 24.3 Å². The number of nitrogens with zero attached hydrogens (tertiary/aromatic N) is 3. The Kier molecular flexibility index (Phi) is 5.14. The van der Waals surface area contributed by atoms with Gasteiger partial charge in [0.15, 0.2) is 0 Å². The zero-order valence-electron chi connectivity index (χ0n) is 13.3. The number of benzene rings is 2. The summed E-state index contributed by atoms with van der Waals surface area (Å²) in [7, 11) is 0. The van der Waals surface area contributed by atoms with Crippen molar-refractivity contribution in [2.24, 2.45) is 0 Å². The number of amides is 1. The van der Waals surface area contributed by atoms with Crippen LogP contribution in [0.1, 0.15) is 15.9 Å². The molecule has 0 spiro atoms. The fraction of sp³-hybridized carbons (Fsp3) is 0.0588. The number of hydrogen-bond acceptors (Lipinski definition) is 6. The fourth-order valence-electron chi connectivity index (χ4n) is 2.09. The van der Waals surface area contributed by atoms with Gasteiger partial charge in [-0.15, -0.1) is 5.10 Å². The number of aromatic nitrogens is 2. The molecule has 136 valence electrons. The Balaban J connectivity index is 1.70. The molecule has 3 aromatic rings. The molecule has 10 heteroatoms. The van der Waals surface area contributed by atoms with E-state index in [-0.39, 0.29) is 34.1 Å². The Bertz CT molecular complexity index is 1010. The van der Waals surface area contributed by atoms with Crippen LogP contribution in [-0.2, 0) is 0 Å². The van der Waals surface area contributed by atoms with Crippen molar-refractivity contribution < 1.29 is 22.4 Å². The highest BCUT2D eigenvalue weighted by molar-refractivity contribution is 8.00. The summed E-state index contributed by atoms with van der Waals surface area (Å²) in [6.07, 6.45) is 0. The van der Waals surface area contributed by atoms with Crippen molar-refractivity contribution in [1.82, 2.24) is 10.2 Å². The number of nitrogens with one attached hydrogen (secondary N) is 1.